The minimum atomic E-state index is 0.989. The molecule has 0 N–H and O–H groups in total. The van der Waals surface area contributed by atoms with E-state index >= 15 is 0 Å². The van der Waals surface area contributed by atoms with Crippen LogP contribution in [0.15, 0.2) is 0 Å². The number of rotatable bonds is 7. The number of quaternary nitrogens is 1. The van der Waals surface area contributed by atoms with Gasteiger partial charge in [-0.3, -0.25) is 0 Å². The summed E-state index contributed by atoms with van der Waals surface area (Å²) in [6, 6.07) is 0. The third-order valence-electron chi connectivity index (χ3n) is 8.02. The minimum Gasteiger partial charge on any atom is -0.326 e. The Morgan fingerprint density at radius 3 is 2.04 bits per heavy atom. The van der Waals surface area contributed by atoms with E-state index < -0.39 is 0 Å². The molecule has 2 heteroatoms. The summed E-state index contributed by atoms with van der Waals surface area (Å²) in [6.45, 7) is 14.1. The molecule has 1 saturated heterocycles. The van der Waals surface area contributed by atoms with E-state index in [2.05, 4.69) is 39.8 Å². The molecule has 0 amide bonds. The summed E-state index contributed by atoms with van der Waals surface area (Å²) in [5, 5.41) is 0. The first-order valence-electron chi connectivity index (χ1n) is 10.5. The Balaban J connectivity index is 1.77. The lowest BCUT2D eigenvalue weighted by molar-refractivity contribution is -0.900. The van der Waals surface area contributed by atoms with Gasteiger partial charge in [0.15, 0.2) is 0 Å². The largest absolute Gasteiger partial charge is 0.326 e. The topological polar surface area (TPSA) is 3.24 Å². The highest BCUT2D eigenvalue weighted by atomic mass is 15.4. The molecule has 0 aromatic rings. The zero-order valence-corrected chi connectivity index (χ0v) is 16.4. The molecule has 4 fully saturated rings. The van der Waals surface area contributed by atoms with E-state index in [1.54, 1.807) is 12.8 Å². The Bertz CT molecular complexity index is 395. The standard InChI is InChI=1S/C21H41N2/c1-6-9-12-23(5)14-20-17-10-11-18(21(20)15-23)19(16(17)7-2)13-22(4)8-3/h16-21H,6-15H2,1-5H3/q+1. The van der Waals surface area contributed by atoms with Gasteiger partial charge in [0.05, 0.1) is 26.7 Å². The minimum absolute atomic E-state index is 0.989. The quantitative estimate of drug-likeness (QED) is 0.638. The third-order valence-corrected chi connectivity index (χ3v) is 8.02. The maximum Gasteiger partial charge on any atom is 0.0821 e. The molecule has 0 spiro atoms. The van der Waals surface area contributed by atoms with Crippen molar-refractivity contribution in [1.29, 1.82) is 0 Å². The van der Waals surface area contributed by atoms with Crippen molar-refractivity contribution in [3.63, 3.8) is 0 Å². The van der Waals surface area contributed by atoms with Crippen LogP contribution in [0.4, 0.5) is 0 Å². The Kier molecular flexibility index (Phi) is 5.43. The van der Waals surface area contributed by atoms with E-state index in [4.69, 9.17) is 0 Å². The summed E-state index contributed by atoms with van der Waals surface area (Å²) in [6.07, 6.45) is 7.29. The third kappa shape index (κ3) is 3.23. The van der Waals surface area contributed by atoms with Crippen LogP contribution in [-0.4, -0.2) is 56.2 Å². The van der Waals surface area contributed by atoms with Crippen molar-refractivity contribution in [3.8, 4) is 0 Å². The lowest BCUT2D eigenvalue weighted by Crippen LogP contribution is -2.53. The number of likely N-dealkylation sites (tertiary alicyclic amines) is 1. The van der Waals surface area contributed by atoms with Crippen molar-refractivity contribution in [2.24, 2.45) is 35.5 Å². The van der Waals surface area contributed by atoms with Gasteiger partial charge in [-0.25, -0.2) is 0 Å². The van der Waals surface area contributed by atoms with E-state index in [0.717, 1.165) is 35.5 Å². The van der Waals surface area contributed by atoms with Crippen LogP contribution < -0.4 is 0 Å². The Hall–Kier alpha value is -0.0800. The summed E-state index contributed by atoms with van der Waals surface area (Å²) in [4.78, 5) is 2.59. The van der Waals surface area contributed by atoms with Gasteiger partial charge in [0.25, 0.3) is 0 Å². The predicted octanol–water partition coefficient (Wildman–Crippen LogP) is 4.11. The van der Waals surface area contributed by atoms with Crippen molar-refractivity contribution >= 4 is 0 Å². The number of nitrogens with zero attached hydrogens (tertiary/aromatic N) is 2. The zero-order chi connectivity index (χ0) is 16.6. The average molecular weight is 322 g/mol. The lowest BCUT2D eigenvalue weighted by Gasteiger charge is -2.54. The molecule has 23 heavy (non-hydrogen) atoms. The fourth-order valence-electron chi connectivity index (χ4n) is 6.87. The van der Waals surface area contributed by atoms with E-state index in [0.29, 0.717) is 0 Å². The molecule has 0 aromatic heterocycles. The molecule has 7 atom stereocenters. The van der Waals surface area contributed by atoms with Crippen LogP contribution in [0.25, 0.3) is 0 Å². The Morgan fingerprint density at radius 1 is 0.913 bits per heavy atom. The van der Waals surface area contributed by atoms with Crippen LogP contribution in [-0.2, 0) is 0 Å². The molecule has 2 bridgehead atoms. The molecule has 4 aliphatic rings. The SMILES string of the molecule is CCCC[N+]1(C)CC2C3CCC(C(CN(C)CC)C3CC)C2C1. The van der Waals surface area contributed by atoms with Gasteiger partial charge in [-0.2, -0.15) is 0 Å². The average Bonchev–Trinajstić information content (AvgIpc) is 2.92. The highest BCUT2D eigenvalue weighted by Gasteiger charge is 2.59. The van der Waals surface area contributed by atoms with Crippen molar-refractivity contribution in [3.05, 3.63) is 0 Å². The number of hydrogen-bond acceptors (Lipinski definition) is 1. The first kappa shape index (κ1) is 17.7. The summed E-state index contributed by atoms with van der Waals surface area (Å²) < 4.78 is 1.39. The summed E-state index contributed by atoms with van der Waals surface area (Å²) in [5.74, 6) is 6.19. The van der Waals surface area contributed by atoms with Gasteiger partial charge in [-0.05, 0) is 56.5 Å². The summed E-state index contributed by atoms with van der Waals surface area (Å²) >= 11 is 0. The van der Waals surface area contributed by atoms with Crippen molar-refractivity contribution in [2.75, 3.05) is 46.8 Å². The highest BCUT2D eigenvalue weighted by Crippen LogP contribution is 2.59. The van der Waals surface area contributed by atoms with Crippen LogP contribution in [0.1, 0.15) is 52.9 Å². The van der Waals surface area contributed by atoms with Gasteiger partial charge in [-0.15, -0.1) is 0 Å². The number of fused-ring (bicyclic) bond motifs is 2. The zero-order valence-electron chi connectivity index (χ0n) is 16.4. The van der Waals surface area contributed by atoms with Gasteiger partial charge in [0, 0.05) is 18.4 Å². The van der Waals surface area contributed by atoms with Gasteiger partial charge in [0.2, 0.25) is 0 Å². The molecule has 1 aliphatic heterocycles. The molecular weight excluding hydrogens is 280 g/mol. The van der Waals surface area contributed by atoms with Crippen LogP contribution in [0.3, 0.4) is 0 Å². The molecular formula is C21H41N2+. The molecule has 134 valence electrons. The van der Waals surface area contributed by atoms with E-state index in [1.807, 2.05) is 0 Å². The number of hydrogen-bond donors (Lipinski definition) is 0. The summed E-state index contributed by atoms with van der Waals surface area (Å²) in [5.41, 5.74) is 0. The molecule has 3 saturated carbocycles. The van der Waals surface area contributed by atoms with Gasteiger partial charge < -0.3 is 9.38 Å². The molecule has 1 heterocycles. The van der Waals surface area contributed by atoms with Crippen LogP contribution >= 0.6 is 0 Å². The fourth-order valence-corrected chi connectivity index (χ4v) is 6.87. The van der Waals surface area contributed by atoms with E-state index in [9.17, 15) is 0 Å². The van der Waals surface area contributed by atoms with Gasteiger partial charge in [-0.1, -0.05) is 33.6 Å². The Labute approximate surface area is 145 Å². The highest BCUT2D eigenvalue weighted by molar-refractivity contribution is 5.03. The monoisotopic (exact) mass is 321 g/mol. The normalized spacial score (nSPS) is 45.7. The first-order chi connectivity index (χ1) is 11.0. The van der Waals surface area contributed by atoms with E-state index in [-0.39, 0.29) is 0 Å². The molecule has 7 unspecified atom stereocenters. The molecule has 2 nitrogen and oxygen atoms in total. The lowest BCUT2D eigenvalue weighted by atomic mass is 9.50. The van der Waals surface area contributed by atoms with Gasteiger partial charge in [0.1, 0.15) is 0 Å². The molecule has 0 radical (unpaired) electrons. The van der Waals surface area contributed by atoms with Crippen LogP contribution in [0.2, 0.25) is 0 Å². The summed E-state index contributed by atoms with van der Waals surface area (Å²) in [7, 11) is 4.91. The van der Waals surface area contributed by atoms with Crippen molar-refractivity contribution < 1.29 is 4.48 Å². The number of unbranched alkanes of at least 4 members (excludes halogenated alkanes) is 1. The first-order valence-corrected chi connectivity index (χ1v) is 10.5. The second-order valence-corrected chi connectivity index (χ2v) is 9.39. The molecule has 4 rings (SSSR count). The van der Waals surface area contributed by atoms with Gasteiger partial charge >= 0.3 is 0 Å². The fraction of sp³-hybridized carbons (Fsp3) is 1.00. The Morgan fingerprint density at radius 2 is 1.52 bits per heavy atom. The molecule has 0 aromatic carbocycles. The second-order valence-electron chi connectivity index (χ2n) is 9.39. The maximum atomic E-state index is 2.59. The van der Waals surface area contributed by atoms with Crippen molar-refractivity contribution in [1.82, 2.24) is 4.90 Å². The van der Waals surface area contributed by atoms with Crippen LogP contribution in [0, 0.1) is 35.5 Å². The predicted molar refractivity (Wildman–Crippen MR) is 99.3 cm³/mol. The van der Waals surface area contributed by atoms with E-state index in [1.165, 1.54) is 56.5 Å². The second kappa shape index (κ2) is 7.04. The van der Waals surface area contributed by atoms with Crippen LogP contribution in [0.5, 0.6) is 0 Å². The smallest absolute Gasteiger partial charge is 0.0821 e. The van der Waals surface area contributed by atoms with Crippen molar-refractivity contribution in [2.45, 2.75) is 52.9 Å². The maximum absolute atomic E-state index is 2.59. The molecule has 3 aliphatic carbocycles.